The number of hydrogen-bond acceptors (Lipinski definition) is 1. The van der Waals surface area contributed by atoms with Crippen LogP contribution in [0.5, 0.6) is 0 Å². The van der Waals surface area contributed by atoms with Crippen LogP contribution in [0.1, 0.15) is 24.5 Å². The monoisotopic (exact) mass is 149 g/mol. The summed E-state index contributed by atoms with van der Waals surface area (Å²) in [6.07, 6.45) is 2.25. The van der Waals surface area contributed by atoms with Crippen LogP contribution < -0.4 is 5.73 Å². The van der Waals surface area contributed by atoms with E-state index in [-0.39, 0.29) is 0 Å². The molecule has 0 spiro atoms. The molecule has 0 aliphatic heterocycles. The Kier molecular flexibility index (Phi) is 2.53. The second-order valence-electron chi connectivity index (χ2n) is 2.95. The summed E-state index contributed by atoms with van der Waals surface area (Å²) in [6.45, 7) is 4.26. The molecule has 0 radical (unpaired) electrons. The average Bonchev–Trinajstić information content (AvgIpc) is 1.98. The lowest BCUT2D eigenvalue weighted by atomic mass is 10.1. The normalized spacial score (nSPS) is 10.0. The lowest BCUT2D eigenvalue weighted by molar-refractivity contribution is 0.923. The van der Waals surface area contributed by atoms with Crippen LogP contribution >= 0.6 is 0 Å². The van der Waals surface area contributed by atoms with Gasteiger partial charge in [-0.3, -0.25) is 0 Å². The van der Waals surface area contributed by atoms with Crippen molar-refractivity contribution in [2.75, 3.05) is 5.73 Å². The van der Waals surface area contributed by atoms with Gasteiger partial charge in [0, 0.05) is 5.69 Å². The highest BCUT2D eigenvalue weighted by atomic mass is 14.6. The summed E-state index contributed by atoms with van der Waals surface area (Å²) < 4.78 is 0. The predicted octanol–water partition coefficient (Wildman–Crippen LogP) is 2.53. The van der Waals surface area contributed by atoms with Crippen molar-refractivity contribution < 1.29 is 0 Å². The van der Waals surface area contributed by atoms with E-state index in [1.165, 1.54) is 11.1 Å². The van der Waals surface area contributed by atoms with Gasteiger partial charge < -0.3 is 5.73 Å². The molecule has 1 aromatic carbocycles. The molecule has 0 aromatic heterocycles. The van der Waals surface area contributed by atoms with Crippen LogP contribution in [0.4, 0.5) is 5.69 Å². The maximum Gasteiger partial charge on any atom is 0.0346 e. The van der Waals surface area contributed by atoms with Crippen molar-refractivity contribution >= 4 is 5.69 Å². The molecule has 11 heavy (non-hydrogen) atoms. The van der Waals surface area contributed by atoms with Crippen molar-refractivity contribution in [1.82, 2.24) is 0 Å². The molecular formula is C10H15N. The molecule has 0 amide bonds. The Bertz CT molecular complexity index is 241. The highest BCUT2D eigenvalue weighted by Gasteiger charge is 1.96. The molecule has 1 aromatic rings. The number of rotatable bonds is 2. The molecule has 0 heterocycles. The molecular weight excluding hydrogens is 134 g/mol. The standard InChI is InChI=1S/C10H15N/c1-3-4-9-7-8(2)5-6-10(9)11/h5-7H,3-4,11H2,1-2H3. The number of anilines is 1. The molecule has 2 N–H and O–H groups in total. The van der Waals surface area contributed by atoms with Crippen molar-refractivity contribution in [3.8, 4) is 0 Å². The van der Waals surface area contributed by atoms with Gasteiger partial charge in [-0.05, 0) is 25.0 Å². The van der Waals surface area contributed by atoms with Crippen LogP contribution in [0.15, 0.2) is 18.2 Å². The lowest BCUT2D eigenvalue weighted by Crippen LogP contribution is -1.93. The van der Waals surface area contributed by atoms with E-state index < -0.39 is 0 Å². The average molecular weight is 149 g/mol. The Morgan fingerprint density at radius 1 is 1.36 bits per heavy atom. The van der Waals surface area contributed by atoms with E-state index in [0.717, 1.165) is 18.5 Å². The molecule has 0 unspecified atom stereocenters. The van der Waals surface area contributed by atoms with Crippen LogP contribution in [-0.4, -0.2) is 0 Å². The molecule has 0 bridgehead atoms. The SMILES string of the molecule is CCCc1cc(C)ccc1N. The highest BCUT2D eigenvalue weighted by molar-refractivity contribution is 5.48. The van der Waals surface area contributed by atoms with Gasteiger partial charge in [-0.1, -0.05) is 31.0 Å². The fourth-order valence-electron chi connectivity index (χ4n) is 1.22. The van der Waals surface area contributed by atoms with Gasteiger partial charge in [-0.25, -0.2) is 0 Å². The molecule has 1 heteroatoms. The lowest BCUT2D eigenvalue weighted by Gasteiger charge is -2.04. The molecule has 0 fully saturated rings. The van der Waals surface area contributed by atoms with Gasteiger partial charge in [0.1, 0.15) is 0 Å². The smallest absolute Gasteiger partial charge is 0.0346 e. The van der Waals surface area contributed by atoms with E-state index in [1.54, 1.807) is 0 Å². The first-order valence-electron chi connectivity index (χ1n) is 4.09. The first-order chi connectivity index (χ1) is 5.24. The van der Waals surface area contributed by atoms with E-state index in [2.05, 4.69) is 26.0 Å². The minimum atomic E-state index is 0.928. The molecule has 0 aliphatic carbocycles. The molecule has 0 aliphatic rings. The molecule has 0 saturated carbocycles. The van der Waals surface area contributed by atoms with Crippen molar-refractivity contribution in [3.63, 3.8) is 0 Å². The number of nitrogens with two attached hydrogens (primary N) is 1. The molecule has 0 atom stereocenters. The van der Waals surface area contributed by atoms with Gasteiger partial charge in [0.15, 0.2) is 0 Å². The highest BCUT2D eigenvalue weighted by Crippen LogP contribution is 2.14. The van der Waals surface area contributed by atoms with E-state index in [4.69, 9.17) is 5.73 Å². The zero-order valence-electron chi connectivity index (χ0n) is 7.22. The quantitative estimate of drug-likeness (QED) is 0.642. The number of aryl methyl sites for hydroxylation is 2. The topological polar surface area (TPSA) is 26.0 Å². The maximum atomic E-state index is 5.78. The largest absolute Gasteiger partial charge is 0.399 e. The second-order valence-corrected chi connectivity index (χ2v) is 2.95. The van der Waals surface area contributed by atoms with Gasteiger partial charge >= 0.3 is 0 Å². The van der Waals surface area contributed by atoms with Gasteiger partial charge in [0.05, 0.1) is 0 Å². The van der Waals surface area contributed by atoms with Crippen molar-refractivity contribution in [2.45, 2.75) is 26.7 Å². The minimum absolute atomic E-state index is 0.928. The second kappa shape index (κ2) is 3.42. The third kappa shape index (κ3) is 1.97. The summed E-state index contributed by atoms with van der Waals surface area (Å²) in [5.41, 5.74) is 9.28. The van der Waals surface area contributed by atoms with E-state index >= 15 is 0 Å². The van der Waals surface area contributed by atoms with Crippen LogP contribution in [-0.2, 0) is 6.42 Å². The Labute approximate surface area is 68.2 Å². The number of benzene rings is 1. The third-order valence-electron chi connectivity index (χ3n) is 1.82. The summed E-state index contributed by atoms with van der Waals surface area (Å²) in [7, 11) is 0. The van der Waals surface area contributed by atoms with Gasteiger partial charge in [-0.2, -0.15) is 0 Å². The van der Waals surface area contributed by atoms with Crippen LogP contribution in [0, 0.1) is 6.92 Å². The number of nitrogen functional groups attached to an aromatic ring is 1. The Morgan fingerprint density at radius 3 is 2.73 bits per heavy atom. The Hall–Kier alpha value is -0.980. The van der Waals surface area contributed by atoms with Crippen molar-refractivity contribution in [2.24, 2.45) is 0 Å². The van der Waals surface area contributed by atoms with Gasteiger partial charge in [0.25, 0.3) is 0 Å². The minimum Gasteiger partial charge on any atom is -0.399 e. The Balaban J connectivity index is 2.93. The maximum absolute atomic E-state index is 5.78. The van der Waals surface area contributed by atoms with E-state index in [1.807, 2.05) is 6.07 Å². The first-order valence-corrected chi connectivity index (χ1v) is 4.09. The summed E-state index contributed by atoms with van der Waals surface area (Å²) in [5, 5.41) is 0. The number of hydrogen-bond donors (Lipinski definition) is 1. The van der Waals surface area contributed by atoms with Crippen molar-refractivity contribution in [3.05, 3.63) is 29.3 Å². The molecule has 1 rings (SSSR count). The summed E-state index contributed by atoms with van der Waals surface area (Å²) in [6, 6.07) is 6.20. The van der Waals surface area contributed by atoms with Gasteiger partial charge in [0.2, 0.25) is 0 Å². The summed E-state index contributed by atoms with van der Waals surface area (Å²) in [4.78, 5) is 0. The van der Waals surface area contributed by atoms with Gasteiger partial charge in [-0.15, -0.1) is 0 Å². The van der Waals surface area contributed by atoms with E-state index in [9.17, 15) is 0 Å². The molecule has 1 nitrogen and oxygen atoms in total. The van der Waals surface area contributed by atoms with Crippen molar-refractivity contribution in [1.29, 1.82) is 0 Å². The zero-order chi connectivity index (χ0) is 8.27. The van der Waals surface area contributed by atoms with Crippen LogP contribution in [0.3, 0.4) is 0 Å². The summed E-state index contributed by atoms with van der Waals surface area (Å²) >= 11 is 0. The van der Waals surface area contributed by atoms with E-state index in [0.29, 0.717) is 0 Å². The fraction of sp³-hybridized carbons (Fsp3) is 0.400. The summed E-state index contributed by atoms with van der Waals surface area (Å²) in [5.74, 6) is 0. The third-order valence-corrected chi connectivity index (χ3v) is 1.82. The molecule has 60 valence electrons. The first kappa shape index (κ1) is 8.12. The van der Waals surface area contributed by atoms with Crippen LogP contribution in [0.2, 0.25) is 0 Å². The predicted molar refractivity (Wildman–Crippen MR) is 49.6 cm³/mol. The Morgan fingerprint density at radius 2 is 2.09 bits per heavy atom. The zero-order valence-corrected chi connectivity index (χ0v) is 7.22. The molecule has 0 saturated heterocycles. The van der Waals surface area contributed by atoms with Crippen LogP contribution in [0.25, 0.3) is 0 Å². The fourth-order valence-corrected chi connectivity index (χ4v) is 1.22.